The molecule has 0 saturated carbocycles. The monoisotopic (exact) mass is 410 g/mol. The van der Waals surface area contributed by atoms with Crippen molar-refractivity contribution in [2.75, 3.05) is 26.2 Å². The summed E-state index contributed by atoms with van der Waals surface area (Å²) in [5.74, 6) is 0.0346. The second-order valence-electron chi connectivity index (χ2n) is 6.07. The number of halogens is 2. The van der Waals surface area contributed by atoms with Crippen LogP contribution in [0.3, 0.4) is 0 Å². The largest absolute Gasteiger partial charge is 0.335 e. The molecule has 0 unspecified atom stereocenters. The molecule has 2 aromatic rings. The number of aryl methyl sites for hydroxylation is 2. The van der Waals surface area contributed by atoms with Gasteiger partial charge in [-0.25, -0.2) is 0 Å². The second kappa shape index (κ2) is 7.25. The van der Waals surface area contributed by atoms with E-state index in [9.17, 15) is 4.79 Å². The Morgan fingerprint density at radius 2 is 2.00 bits per heavy atom. The Morgan fingerprint density at radius 1 is 1.29 bits per heavy atom. The first-order valence-corrected chi connectivity index (χ1v) is 9.08. The molecule has 24 heavy (non-hydrogen) atoms. The lowest BCUT2D eigenvalue weighted by atomic mass is 10.2. The van der Waals surface area contributed by atoms with E-state index in [-0.39, 0.29) is 5.91 Å². The third-order valence-corrected chi connectivity index (χ3v) is 5.49. The summed E-state index contributed by atoms with van der Waals surface area (Å²) in [7, 11) is 1.81. The summed E-state index contributed by atoms with van der Waals surface area (Å²) < 4.78 is 2.44. The van der Waals surface area contributed by atoms with Gasteiger partial charge in [-0.1, -0.05) is 23.7 Å². The van der Waals surface area contributed by atoms with Gasteiger partial charge in [0.25, 0.3) is 5.91 Å². The molecule has 0 bridgehead atoms. The van der Waals surface area contributed by atoms with Crippen molar-refractivity contribution in [2.24, 2.45) is 7.05 Å². The van der Waals surface area contributed by atoms with Crippen LogP contribution in [-0.4, -0.2) is 51.7 Å². The van der Waals surface area contributed by atoms with Crippen molar-refractivity contribution in [3.63, 3.8) is 0 Å². The minimum absolute atomic E-state index is 0.0346. The smallest absolute Gasteiger partial charge is 0.273 e. The van der Waals surface area contributed by atoms with Gasteiger partial charge in [0.2, 0.25) is 0 Å². The highest BCUT2D eigenvalue weighted by Crippen LogP contribution is 2.22. The van der Waals surface area contributed by atoms with Gasteiger partial charge < -0.3 is 4.90 Å². The Morgan fingerprint density at radius 3 is 2.58 bits per heavy atom. The van der Waals surface area contributed by atoms with Crippen molar-refractivity contribution < 1.29 is 4.79 Å². The number of carbonyl (C=O) groups excluding carboxylic acids is 1. The first-order valence-electron chi connectivity index (χ1n) is 7.91. The van der Waals surface area contributed by atoms with Crippen LogP contribution in [0.5, 0.6) is 0 Å². The molecule has 1 aromatic heterocycles. The normalized spacial score (nSPS) is 15.8. The SMILES string of the molecule is Cc1nn(C)c(C(=O)N2CCN(Cc3cccc(Cl)c3)CC2)c1Br. The van der Waals surface area contributed by atoms with Gasteiger partial charge in [0.15, 0.2) is 0 Å². The number of hydrogen-bond donors (Lipinski definition) is 0. The van der Waals surface area contributed by atoms with Crippen LogP contribution in [-0.2, 0) is 13.6 Å². The summed E-state index contributed by atoms with van der Waals surface area (Å²) in [5.41, 5.74) is 2.66. The molecule has 5 nitrogen and oxygen atoms in total. The fourth-order valence-electron chi connectivity index (χ4n) is 3.02. The predicted octanol–water partition coefficient (Wildman–Crippen LogP) is 3.10. The highest BCUT2D eigenvalue weighted by atomic mass is 79.9. The number of carbonyl (C=O) groups is 1. The third-order valence-electron chi connectivity index (χ3n) is 4.31. The fraction of sp³-hybridized carbons (Fsp3) is 0.412. The maximum atomic E-state index is 12.8. The van der Waals surface area contributed by atoms with Crippen molar-refractivity contribution in [1.29, 1.82) is 0 Å². The van der Waals surface area contributed by atoms with E-state index < -0.39 is 0 Å². The highest BCUT2D eigenvalue weighted by Gasteiger charge is 2.26. The molecule has 0 radical (unpaired) electrons. The number of piperazine rings is 1. The average Bonchev–Trinajstić information content (AvgIpc) is 2.80. The number of benzene rings is 1. The van der Waals surface area contributed by atoms with Gasteiger partial charge in [-0.2, -0.15) is 5.10 Å². The predicted molar refractivity (Wildman–Crippen MR) is 98.3 cm³/mol. The zero-order valence-electron chi connectivity index (χ0n) is 13.8. The average molecular weight is 412 g/mol. The number of aromatic nitrogens is 2. The lowest BCUT2D eigenvalue weighted by Crippen LogP contribution is -2.48. The minimum Gasteiger partial charge on any atom is -0.335 e. The van der Waals surface area contributed by atoms with E-state index in [1.54, 1.807) is 11.7 Å². The molecule has 1 aliphatic rings. The molecule has 0 atom stereocenters. The summed E-state index contributed by atoms with van der Waals surface area (Å²) in [6.07, 6.45) is 0. The Balaban J connectivity index is 1.61. The molecule has 1 aromatic carbocycles. The van der Waals surface area contributed by atoms with Crippen LogP contribution in [0.25, 0.3) is 0 Å². The van der Waals surface area contributed by atoms with E-state index in [1.807, 2.05) is 30.0 Å². The molecule has 0 N–H and O–H groups in total. The number of hydrogen-bond acceptors (Lipinski definition) is 3. The maximum Gasteiger partial charge on any atom is 0.273 e. The van der Waals surface area contributed by atoms with Crippen molar-refractivity contribution in [3.8, 4) is 0 Å². The lowest BCUT2D eigenvalue weighted by Gasteiger charge is -2.34. The van der Waals surface area contributed by atoms with Crippen LogP contribution >= 0.6 is 27.5 Å². The van der Waals surface area contributed by atoms with E-state index in [1.165, 1.54) is 5.56 Å². The molecule has 2 heterocycles. The molecule has 7 heteroatoms. The summed E-state index contributed by atoms with van der Waals surface area (Å²) >= 11 is 9.52. The summed E-state index contributed by atoms with van der Waals surface area (Å²) in [4.78, 5) is 17.0. The van der Waals surface area contributed by atoms with E-state index in [4.69, 9.17) is 11.6 Å². The van der Waals surface area contributed by atoms with Crippen LogP contribution < -0.4 is 0 Å². The lowest BCUT2D eigenvalue weighted by molar-refractivity contribution is 0.0617. The first-order chi connectivity index (χ1) is 11.5. The molecule has 0 spiro atoms. The Labute approximate surface area is 155 Å². The zero-order chi connectivity index (χ0) is 17.3. The standard InChI is InChI=1S/C17H20BrClN4O/c1-12-15(18)16(21(2)20-12)17(24)23-8-6-22(7-9-23)11-13-4-3-5-14(19)10-13/h3-5,10H,6-9,11H2,1-2H3. The van der Waals surface area contributed by atoms with Crippen LogP contribution in [0.15, 0.2) is 28.7 Å². The highest BCUT2D eigenvalue weighted by molar-refractivity contribution is 9.10. The second-order valence-corrected chi connectivity index (χ2v) is 7.30. The Kier molecular flexibility index (Phi) is 5.27. The number of nitrogens with zero attached hydrogens (tertiary/aromatic N) is 4. The number of amides is 1. The van der Waals surface area contributed by atoms with Crippen molar-refractivity contribution in [1.82, 2.24) is 19.6 Å². The van der Waals surface area contributed by atoms with Gasteiger partial charge in [0.05, 0.1) is 10.2 Å². The summed E-state index contributed by atoms with van der Waals surface area (Å²) in [6.45, 7) is 5.90. The van der Waals surface area contributed by atoms with Gasteiger partial charge in [0.1, 0.15) is 5.69 Å². The van der Waals surface area contributed by atoms with Crippen molar-refractivity contribution in [2.45, 2.75) is 13.5 Å². The maximum absolute atomic E-state index is 12.8. The van der Waals surface area contributed by atoms with Gasteiger partial charge in [-0.3, -0.25) is 14.4 Å². The molecule has 1 fully saturated rings. The van der Waals surface area contributed by atoms with E-state index in [0.717, 1.165) is 47.9 Å². The molecular weight excluding hydrogens is 392 g/mol. The van der Waals surface area contributed by atoms with E-state index >= 15 is 0 Å². The van der Waals surface area contributed by atoms with Crippen molar-refractivity contribution >= 4 is 33.4 Å². The van der Waals surface area contributed by atoms with Crippen LogP contribution in [0.4, 0.5) is 0 Å². The minimum atomic E-state index is 0.0346. The van der Waals surface area contributed by atoms with E-state index in [0.29, 0.717) is 5.69 Å². The Bertz CT molecular complexity index is 753. The molecule has 3 rings (SSSR count). The first kappa shape index (κ1) is 17.5. The molecular formula is C17H20BrClN4O. The summed E-state index contributed by atoms with van der Waals surface area (Å²) in [5, 5.41) is 5.07. The van der Waals surface area contributed by atoms with Crippen molar-refractivity contribution in [3.05, 3.63) is 50.7 Å². The van der Waals surface area contributed by atoms with Gasteiger partial charge >= 0.3 is 0 Å². The molecule has 0 aliphatic carbocycles. The fourth-order valence-corrected chi connectivity index (χ4v) is 3.74. The summed E-state index contributed by atoms with van der Waals surface area (Å²) in [6, 6.07) is 7.93. The molecule has 128 valence electrons. The topological polar surface area (TPSA) is 41.4 Å². The quantitative estimate of drug-likeness (QED) is 0.779. The van der Waals surface area contributed by atoms with Gasteiger partial charge in [-0.15, -0.1) is 0 Å². The third kappa shape index (κ3) is 3.66. The van der Waals surface area contributed by atoms with Gasteiger partial charge in [-0.05, 0) is 40.5 Å². The molecule has 1 aliphatic heterocycles. The Hall–Kier alpha value is -1.37. The zero-order valence-corrected chi connectivity index (χ0v) is 16.1. The van der Waals surface area contributed by atoms with Crippen LogP contribution in [0.1, 0.15) is 21.7 Å². The number of rotatable bonds is 3. The van der Waals surface area contributed by atoms with Crippen LogP contribution in [0, 0.1) is 6.92 Å². The van der Waals surface area contributed by atoms with Crippen LogP contribution in [0.2, 0.25) is 5.02 Å². The van der Waals surface area contributed by atoms with Gasteiger partial charge in [0, 0.05) is 44.8 Å². The molecule has 1 amide bonds. The molecule has 1 saturated heterocycles. The van der Waals surface area contributed by atoms with E-state index in [2.05, 4.69) is 32.0 Å².